The highest BCUT2D eigenvalue weighted by molar-refractivity contribution is 5.93. The van der Waals surface area contributed by atoms with Crippen molar-refractivity contribution in [3.63, 3.8) is 0 Å². The summed E-state index contributed by atoms with van der Waals surface area (Å²) in [6.07, 6.45) is -0.545. The number of halogens is 1. The summed E-state index contributed by atoms with van der Waals surface area (Å²) in [4.78, 5) is 29.8. The number of ether oxygens (including phenoxy) is 1. The predicted octanol–water partition coefficient (Wildman–Crippen LogP) is 2.83. The first-order chi connectivity index (χ1) is 10.5. The van der Waals surface area contributed by atoms with Crippen molar-refractivity contribution >= 4 is 12.0 Å². The molecule has 0 fully saturated rings. The summed E-state index contributed by atoms with van der Waals surface area (Å²) in [6, 6.07) is 4.07. The van der Waals surface area contributed by atoms with Crippen molar-refractivity contribution in [2.75, 3.05) is 21.2 Å². The van der Waals surface area contributed by atoms with Crippen molar-refractivity contribution < 1.29 is 23.6 Å². The van der Waals surface area contributed by atoms with Crippen LogP contribution >= 0.6 is 0 Å². The second-order valence-electron chi connectivity index (χ2n) is 6.13. The summed E-state index contributed by atoms with van der Waals surface area (Å²) in [5, 5.41) is 1.00. The van der Waals surface area contributed by atoms with Crippen molar-refractivity contribution in [2.45, 2.75) is 32.9 Å². The quantitative estimate of drug-likeness (QED) is 0.798. The molecule has 0 atom stereocenters. The minimum atomic E-state index is -0.620. The van der Waals surface area contributed by atoms with E-state index in [1.54, 1.807) is 20.8 Å². The second-order valence-corrected chi connectivity index (χ2v) is 6.13. The van der Waals surface area contributed by atoms with Crippen molar-refractivity contribution in [2.24, 2.45) is 0 Å². The molecule has 0 heterocycles. The lowest BCUT2D eigenvalue weighted by Gasteiger charge is -2.24. The maximum atomic E-state index is 14.1. The minimum absolute atomic E-state index is 0.0370. The summed E-state index contributed by atoms with van der Waals surface area (Å²) in [6.45, 7) is 5.30. The van der Waals surface area contributed by atoms with Gasteiger partial charge < -0.3 is 9.64 Å². The Morgan fingerprint density at radius 2 is 1.83 bits per heavy atom. The molecule has 0 spiro atoms. The van der Waals surface area contributed by atoms with Gasteiger partial charge in [0.25, 0.3) is 5.91 Å². The molecule has 0 aliphatic carbocycles. The zero-order valence-corrected chi connectivity index (χ0v) is 14.3. The minimum Gasteiger partial charge on any atom is -0.444 e. The van der Waals surface area contributed by atoms with E-state index in [4.69, 9.17) is 9.57 Å². The van der Waals surface area contributed by atoms with Crippen LogP contribution in [0.15, 0.2) is 18.2 Å². The Bertz CT molecular complexity index is 584. The number of benzene rings is 1. The van der Waals surface area contributed by atoms with Crippen LogP contribution in [0.25, 0.3) is 0 Å². The Kier molecular flexibility index (Phi) is 6.09. The van der Waals surface area contributed by atoms with Crippen LogP contribution in [-0.2, 0) is 16.1 Å². The highest BCUT2D eigenvalue weighted by Crippen LogP contribution is 2.16. The number of hydrogen-bond donors (Lipinski definition) is 0. The van der Waals surface area contributed by atoms with E-state index in [9.17, 15) is 14.0 Å². The van der Waals surface area contributed by atoms with E-state index in [1.807, 2.05) is 0 Å². The summed E-state index contributed by atoms with van der Waals surface area (Å²) in [5.41, 5.74) is -0.171. The molecule has 0 saturated carbocycles. The van der Waals surface area contributed by atoms with Gasteiger partial charge in [0.2, 0.25) is 0 Å². The van der Waals surface area contributed by atoms with Gasteiger partial charge >= 0.3 is 6.09 Å². The molecule has 0 unspecified atom stereocenters. The van der Waals surface area contributed by atoms with E-state index in [2.05, 4.69) is 0 Å². The SMILES string of the molecule is CON(C)C(=O)c1ccc(CN(C)C(=O)OC(C)(C)C)c(F)c1. The average Bonchev–Trinajstić information content (AvgIpc) is 2.45. The molecule has 0 aliphatic heterocycles. The smallest absolute Gasteiger partial charge is 0.410 e. The monoisotopic (exact) mass is 326 g/mol. The van der Waals surface area contributed by atoms with Crippen LogP contribution in [0, 0.1) is 5.82 Å². The fraction of sp³-hybridized carbons (Fsp3) is 0.500. The highest BCUT2D eigenvalue weighted by atomic mass is 19.1. The molecule has 6 nitrogen and oxygen atoms in total. The maximum absolute atomic E-state index is 14.1. The Morgan fingerprint density at radius 1 is 1.22 bits per heavy atom. The molecule has 1 rings (SSSR count). The van der Waals surface area contributed by atoms with Gasteiger partial charge in [0.1, 0.15) is 11.4 Å². The zero-order valence-electron chi connectivity index (χ0n) is 14.3. The van der Waals surface area contributed by atoms with E-state index in [1.165, 1.54) is 38.2 Å². The van der Waals surface area contributed by atoms with Gasteiger partial charge in [-0.3, -0.25) is 9.63 Å². The van der Waals surface area contributed by atoms with Gasteiger partial charge in [0, 0.05) is 25.2 Å². The van der Waals surface area contributed by atoms with Crippen LogP contribution in [0.4, 0.5) is 9.18 Å². The van der Waals surface area contributed by atoms with Gasteiger partial charge in [-0.05, 0) is 32.9 Å². The van der Waals surface area contributed by atoms with Gasteiger partial charge in [-0.2, -0.15) is 0 Å². The van der Waals surface area contributed by atoms with E-state index >= 15 is 0 Å². The summed E-state index contributed by atoms with van der Waals surface area (Å²) < 4.78 is 19.4. The molecular formula is C16H23FN2O4. The van der Waals surface area contributed by atoms with Crippen LogP contribution in [0.1, 0.15) is 36.7 Å². The number of hydrogen-bond acceptors (Lipinski definition) is 4. The lowest BCUT2D eigenvalue weighted by molar-refractivity contribution is -0.0757. The van der Waals surface area contributed by atoms with Crippen LogP contribution in [0.3, 0.4) is 0 Å². The molecule has 0 bridgehead atoms. The van der Waals surface area contributed by atoms with Crippen molar-refractivity contribution in [1.82, 2.24) is 9.96 Å². The molecule has 2 amide bonds. The number of rotatable bonds is 4. The molecule has 0 aromatic heterocycles. The lowest BCUT2D eigenvalue weighted by Crippen LogP contribution is -2.34. The van der Waals surface area contributed by atoms with Gasteiger partial charge in [0.05, 0.1) is 13.7 Å². The van der Waals surface area contributed by atoms with Gasteiger partial charge in [-0.15, -0.1) is 0 Å². The third-order valence-corrected chi connectivity index (χ3v) is 2.97. The Labute approximate surface area is 135 Å². The number of hydroxylamine groups is 2. The van der Waals surface area contributed by atoms with E-state index < -0.39 is 23.4 Å². The van der Waals surface area contributed by atoms with Crippen molar-refractivity contribution in [3.05, 3.63) is 35.1 Å². The molecule has 0 saturated heterocycles. The number of nitrogens with zero attached hydrogens (tertiary/aromatic N) is 2. The first-order valence-electron chi connectivity index (χ1n) is 7.10. The third kappa shape index (κ3) is 5.52. The molecule has 1 aromatic rings. The molecule has 23 heavy (non-hydrogen) atoms. The summed E-state index contributed by atoms with van der Waals surface area (Å²) in [5.74, 6) is -1.03. The maximum Gasteiger partial charge on any atom is 0.410 e. The molecule has 0 radical (unpaired) electrons. The average molecular weight is 326 g/mol. The number of carbonyl (C=O) groups excluding carboxylic acids is 2. The lowest BCUT2D eigenvalue weighted by atomic mass is 10.1. The largest absolute Gasteiger partial charge is 0.444 e. The normalized spacial score (nSPS) is 11.1. The second kappa shape index (κ2) is 7.41. The van der Waals surface area contributed by atoms with Crippen LogP contribution in [0.5, 0.6) is 0 Å². The van der Waals surface area contributed by atoms with Gasteiger partial charge in [-0.1, -0.05) is 6.07 Å². The third-order valence-electron chi connectivity index (χ3n) is 2.97. The molecule has 128 valence electrons. The Balaban J connectivity index is 2.83. The Hall–Kier alpha value is -2.15. The van der Waals surface area contributed by atoms with Gasteiger partial charge in [0.15, 0.2) is 0 Å². The van der Waals surface area contributed by atoms with Crippen LogP contribution in [0.2, 0.25) is 0 Å². The van der Waals surface area contributed by atoms with Crippen molar-refractivity contribution in [3.8, 4) is 0 Å². The van der Waals surface area contributed by atoms with E-state index in [0.717, 1.165) is 11.1 Å². The summed E-state index contributed by atoms with van der Waals surface area (Å²) in [7, 11) is 4.30. The summed E-state index contributed by atoms with van der Waals surface area (Å²) >= 11 is 0. The topological polar surface area (TPSA) is 59.1 Å². The highest BCUT2D eigenvalue weighted by Gasteiger charge is 2.21. The predicted molar refractivity (Wildman–Crippen MR) is 83.2 cm³/mol. The molecule has 0 aliphatic rings. The molecule has 0 N–H and O–H groups in total. The Morgan fingerprint density at radius 3 is 2.30 bits per heavy atom. The fourth-order valence-electron chi connectivity index (χ4n) is 1.73. The van der Waals surface area contributed by atoms with Crippen molar-refractivity contribution in [1.29, 1.82) is 0 Å². The number of amides is 2. The molecule has 7 heteroatoms. The molecular weight excluding hydrogens is 303 g/mol. The number of carbonyl (C=O) groups is 2. The molecule has 1 aromatic carbocycles. The first-order valence-corrected chi connectivity index (χ1v) is 7.10. The van der Waals surface area contributed by atoms with Gasteiger partial charge in [-0.25, -0.2) is 14.2 Å². The van der Waals surface area contributed by atoms with Crippen LogP contribution < -0.4 is 0 Å². The first kappa shape index (κ1) is 18.9. The standard InChI is InChI=1S/C16H23FN2O4/c1-16(2,3)23-15(21)18(4)10-12-8-7-11(9-13(12)17)14(20)19(5)22-6/h7-9H,10H2,1-6H3. The fourth-order valence-corrected chi connectivity index (χ4v) is 1.73. The zero-order chi connectivity index (χ0) is 17.8. The van der Waals surface area contributed by atoms with Crippen LogP contribution in [-0.4, -0.2) is 48.8 Å². The van der Waals surface area contributed by atoms with E-state index in [-0.39, 0.29) is 17.7 Å². The van der Waals surface area contributed by atoms with E-state index in [0.29, 0.717) is 0 Å².